The van der Waals surface area contributed by atoms with Crippen molar-refractivity contribution < 1.29 is 21.8 Å². The first-order valence-corrected chi connectivity index (χ1v) is 7.53. The molecule has 0 aliphatic carbocycles. The summed E-state index contributed by atoms with van der Waals surface area (Å²) in [5.41, 5.74) is 0.800. The Morgan fingerprint density at radius 2 is 2.05 bits per heavy atom. The highest BCUT2D eigenvalue weighted by molar-refractivity contribution is 7.88. The molecule has 9 heteroatoms. The summed E-state index contributed by atoms with van der Waals surface area (Å²) in [6.07, 6.45) is 0.0262. The van der Waals surface area contributed by atoms with Crippen molar-refractivity contribution in [3.8, 4) is 0 Å². The Labute approximate surface area is 118 Å². The number of benzene rings is 1. The molecule has 0 spiro atoms. The second-order valence-electron chi connectivity index (χ2n) is 3.61. The number of carbonyl (C=O) groups is 1. The molecular weight excluding hydrogens is 307 g/mol. The van der Waals surface area contributed by atoms with E-state index in [1.54, 1.807) is 24.3 Å². The minimum absolute atomic E-state index is 0.0562. The quantitative estimate of drug-likeness (QED) is 0.876. The van der Waals surface area contributed by atoms with Crippen LogP contribution in [0, 0.1) is 0 Å². The Kier molecular flexibility index (Phi) is 4.30. The number of rotatable bonds is 4. The van der Waals surface area contributed by atoms with Gasteiger partial charge in [-0.05, 0) is 5.56 Å². The minimum atomic E-state index is -4.81. The number of hydrogen-bond acceptors (Lipinski definition) is 6. The van der Waals surface area contributed by atoms with Crippen LogP contribution in [0.4, 0.5) is 13.8 Å². The number of hydrogen-bond donors (Lipinski definition) is 1. The molecule has 0 saturated heterocycles. The van der Waals surface area contributed by atoms with Gasteiger partial charge in [0.2, 0.25) is 0 Å². The Balaban J connectivity index is 1.90. The number of nitrogens with one attached hydrogen (secondary N) is 1. The Morgan fingerprint density at radius 1 is 1.35 bits per heavy atom. The molecule has 0 unspecified atom stereocenters. The zero-order chi connectivity index (χ0) is 14.6. The van der Waals surface area contributed by atoms with E-state index in [9.17, 15) is 17.1 Å². The van der Waals surface area contributed by atoms with Crippen LogP contribution >= 0.6 is 11.3 Å². The smallest absolute Gasteiger partial charge is 0.413 e. The third-order valence-electron chi connectivity index (χ3n) is 2.15. The van der Waals surface area contributed by atoms with Gasteiger partial charge in [-0.15, -0.1) is 0 Å². The summed E-state index contributed by atoms with van der Waals surface area (Å²) in [6.45, 7) is 0.0618. The molecule has 106 valence electrons. The van der Waals surface area contributed by atoms with Crippen LogP contribution in [0.2, 0.25) is 0 Å². The lowest BCUT2D eigenvalue weighted by molar-refractivity contribution is 0.155. The minimum Gasteiger partial charge on any atom is -0.444 e. The van der Waals surface area contributed by atoms with Gasteiger partial charge in [0, 0.05) is 0 Å². The van der Waals surface area contributed by atoms with E-state index in [4.69, 9.17) is 4.74 Å². The predicted octanol–water partition coefficient (Wildman–Crippen LogP) is 2.55. The van der Waals surface area contributed by atoms with Crippen LogP contribution in [0.15, 0.2) is 40.7 Å². The van der Waals surface area contributed by atoms with E-state index in [1.807, 2.05) is 6.07 Å². The van der Waals surface area contributed by atoms with Crippen LogP contribution in [0.25, 0.3) is 0 Å². The van der Waals surface area contributed by atoms with E-state index in [2.05, 4.69) is 10.3 Å². The number of amides is 1. The van der Waals surface area contributed by atoms with Crippen molar-refractivity contribution in [3.63, 3.8) is 0 Å². The van der Waals surface area contributed by atoms with Crippen LogP contribution in [0.3, 0.4) is 0 Å². The molecule has 1 heterocycles. The SMILES string of the molecule is O=C(Nc1ncc(S(=O)(=O)F)s1)OCc1ccccc1. The number of thiazole rings is 1. The molecule has 0 bridgehead atoms. The number of aromatic nitrogens is 1. The van der Waals surface area contributed by atoms with Gasteiger partial charge in [-0.2, -0.15) is 8.42 Å². The average molecular weight is 316 g/mol. The topological polar surface area (TPSA) is 85.4 Å². The molecular formula is C11H9FN2O4S2. The van der Waals surface area contributed by atoms with Crippen LogP contribution < -0.4 is 5.32 Å². The van der Waals surface area contributed by atoms with Crippen LogP contribution in [-0.4, -0.2) is 19.5 Å². The number of nitrogens with zero attached hydrogens (tertiary/aromatic N) is 1. The van der Waals surface area contributed by atoms with Crippen molar-refractivity contribution in [2.24, 2.45) is 0 Å². The van der Waals surface area contributed by atoms with E-state index < -0.39 is 20.5 Å². The monoisotopic (exact) mass is 316 g/mol. The molecule has 1 N–H and O–H groups in total. The van der Waals surface area contributed by atoms with Gasteiger partial charge in [0.15, 0.2) is 9.34 Å². The lowest BCUT2D eigenvalue weighted by atomic mass is 10.2. The molecule has 1 aromatic heterocycles. The summed E-state index contributed by atoms with van der Waals surface area (Å²) in [4.78, 5) is 15.0. The second-order valence-corrected chi connectivity index (χ2v) is 6.21. The summed E-state index contributed by atoms with van der Waals surface area (Å²) in [5, 5.41) is 2.16. The molecule has 20 heavy (non-hydrogen) atoms. The van der Waals surface area contributed by atoms with Crippen molar-refractivity contribution >= 4 is 32.8 Å². The van der Waals surface area contributed by atoms with Gasteiger partial charge in [0.05, 0.1) is 6.20 Å². The van der Waals surface area contributed by atoms with Gasteiger partial charge < -0.3 is 4.74 Å². The average Bonchev–Trinajstić information content (AvgIpc) is 2.86. The first kappa shape index (κ1) is 14.4. The zero-order valence-corrected chi connectivity index (χ0v) is 11.6. The maximum Gasteiger partial charge on any atom is 0.413 e. The van der Waals surface area contributed by atoms with E-state index in [1.165, 1.54) is 0 Å². The molecule has 0 saturated carbocycles. The number of anilines is 1. The van der Waals surface area contributed by atoms with Gasteiger partial charge in [0.1, 0.15) is 6.61 Å². The Bertz CT molecular complexity index is 700. The van der Waals surface area contributed by atoms with Crippen molar-refractivity contribution in [2.45, 2.75) is 10.8 Å². The number of carbonyl (C=O) groups excluding carboxylic acids is 1. The number of halogens is 1. The Morgan fingerprint density at radius 3 is 2.65 bits per heavy atom. The molecule has 0 atom stereocenters. The molecule has 6 nitrogen and oxygen atoms in total. The van der Waals surface area contributed by atoms with Crippen molar-refractivity contribution in [1.29, 1.82) is 0 Å². The second kappa shape index (κ2) is 5.97. The molecule has 1 aromatic carbocycles. The van der Waals surface area contributed by atoms with Crippen LogP contribution in [-0.2, 0) is 21.6 Å². The maximum absolute atomic E-state index is 12.6. The molecule has 2 rings (SSSR count). The van der Waals surface area contributed by atoms with E-state index in [0.29, 0.717) is 11.3 Å². The number of ether oxygens (including phenoxy) is 1. The highest BCUT2D eigenvalue weighted by Gasteiger charge is 2.17. The summed E-state index contributed by atoms with van der Waals surface area (Å²) < 4.78 is 38.2. The van der Waals surface area contributed by atoms with Gasteiger partial charge in [-0.3, -0.25) is 5.32 Å². The highest BCUT2D eigenvalue weighted by atomic mass is 32.3. The zero-order valence-electron chi connectivity index (χ0n) is 9.95. The standard InChI is InChI=1S/C11H9FN2O4S2/c12-20(16,17)9-6-13-10(19-9)14-11(15)18-7-8-4-2-1-3-5-8/h1-6H,7H2,(H,13,14,15). The normalized spacial score (nSPS) is 11.1. The van der Waals surface area contributed by atoms with Crippen molar-refractivity contribution in [3.05, 3.63) is 42.1 Å². The maximum atomic E-state index is 12.6. The van der Waals surface area contributed by atoms with Gasteiger partial charge in [-0.1, -0.05) is 45.6 Å². The molecule has 0 fully saturated rings. The van der Waals surface area contributed by atoms with Gasteiger partial charge in [-0.25, -0.2) is 9.78 Å². The first-order valence-electron chi connectivity index (χ1n) is 5.33. The van der Waals surface area contributed by atoms with Crippen LogP contribution in [0.5, 0.6) is 0 Å². The summed E-state index contributed by atoms with van der Waals surface area (Å²) in [6, 6.07) is 9.00. The summed E-state index contributed by atoms with van der Waals surface area (Å²) in [7, 11) is -4.81. The lowest BCUT2D eigenvalue weighted by Gasteiger charge is -2.04. The molecule has 2 aromatic rings. The molecule has 0 aliphatic rings. The Hall–Kier alpha value is -2.00. The molecule has 0 aliphatic heterocycles. The fourth-order valence-electron chi connectivity index (χ4n) is 1.28. The lowest BCUT2D eigenvalue weighted by Crippen LogP contribution is -2.13. The van der Waals surface area contributed by atoms with E-state index in [0.717, 1.165) is 11.8 Å². The van der Waals surface area contributed by atoms with Crippen LogP contribution in [0.1, 0.15) is 5.56 Å². The fraction of sp³-hybridized carbons (Fsp3) is 0.0909. The summed E-state index contributed by atoms with van der Waals surface area (Å²) in [5.74, 6) is 0. The van der Waals surface area contributed by atoms with Crippen molar-refractivity contribution in [1.82, 2.24) is 4.98 Å². The summed E-state index contributed by atoms with van der Waals surface area (Å²) >= 11 is 0.504. The first-order chi connectivity index (χ1) is 9.45. The van der Waals surface area contributed by atoms with Crippen molar-refractivity contribution in [2.75, 3.05) is 5.32 Å². The molecule has 0 radical (unpaired) electrons. The highest BCUT2D eigenvalue weighted by Crippen LogP contribution is 2.24. The van der Waals surface area contributed by atoms with E-state index >= 15 is 0 Å². The third-order valence-corrected chi connectivity index (χ3v) is 4.29. The van der Waals surface area contributed by atoms with Gasteiger partial charge >= 0.3 is 16.3 Å². The third kappa shape index (κ3) is 4.00. The predicted molar refractivity (Wildman–Crippen MR) is 70.7 cm³/mol. The molecule has 1 amide bonds. The fourth-order valence-corrected chi connectivity index (χ4v) is 2.63. The largest absolute Gasteiger partial charge is 0.444 e. The van der Waals surface area contributed by atoms with E-state index in [-0.39, 0.29) is 11.7 Å². The van der Waals surface area contributed by atoms with Gasteiger partial charge in [0.25, 0.3) is 0 Å².